The molecule has 0 saturated carbocycles. The van der Waals surface area contributed by atoms with Gasteiger partial charge in [-0.1, -0.05) is 84.9 Å². The molecule has 0 bridgehead atoms. The Hall–Kier alpha value is -9.80. The summed E-state index contributed by atoms with van der Waals surface area (Å²) in [4.78, 5) is 59.5. The van der Waals surface area contributed by atoms with E-state index in [-0.39, 0.29) is 22.3 Å². The van der Waals surface area contributed by atoms with Gasteiger partial charge in [0.05, 0.1) is 45.0 Å². The summed E-state index contributed by atoms with van der Waals surface area (Å²) in [7, 11) is 0. The molecular weight excluding hydrogens is 877 g/mol. The summed E-state index contributed by atoms with van der Waals surface area (Å²) in [6.07, 6.45) is 0. The monoisotopic (exact) mass is 906 g/mol. The van der Waals surface area contributed by atoms with E-state index in [1.807, 2.05) is 158 Å². The van der Waals surface area contributed by atoms with Gasteiger partial charge in [0.15, 0.2) is 23.0 Å². The Kier molecular flexibility index (Phi) is 7.60. The molecule has 0 aliphatic carbocycles. The Bertz CT molecular complexity index is 3850. The molecule has 0 radical (unpaired) electrons. The van der Waals surface area contributed by atoms with Crippen LogP contribution in [0.4, 0.5) is 34.1 Å². The third-order valence-corrected chi connectivity index (χ3v) is 14.1. The number of benzene rings is 11. The van der Waals surface area contributed by atoms with Crippen molar-refractivity contribution in [1.29, 1.82) is 0 Å². The molecule has 0 spiro atoms. The zero-order valence-electron chi connectivity index (χ0n) is 36.5. The van der Waals surface area contributed by atoms with Gasteiger partial charge in [-0.25, -0.2) is 19.2 Å². The number of para-hydroxylation sites is 8. The number of cyclic esters (lactones) is 4. The number of nitrogens with zero attached hydrogens (tertiary/aromatic N) is 2. The van der Waals surface area contributed by atoms with Crippen LogP contribution in [0.3, 0.4) is 0 Å². The van der Waals surface area contributed by atoms with Crippen LogP contribution in [0.15, 0.2) is 182 Å². The van der Waals surface area contributed by atoms with Gasteiger partial charge in [0.25, 0.3) is 0 Å². The summed E-state index contributed by atoms with van der Waals surface area (Å²) in [5.74, 6) is -0.0442. The van der Waals surface area contributed by atoms with Gasteiger partial charge in [-0.15, -0.1) is 0 Å². The van der Waals surface area contributed by atoms with Crippen LogP contribution in [0, 0.1) is 0 Å². The first-order valence-corrected chi connectivity index (χ1v) is 22.7. The van der Waals surface area contributed by atoms with Gasteiger partial charge in [-0.2, -0.15) is 0 Å². The summed E-state index contributed by atoms with van der Waals surface area (Å²) >= 11 is 0. The maximum Gasteiger partial charge on any atom is 0.346 e. The standard InChI is InChI=1S/C60H30N2O8/c63-57-37-28-26-36-52-40(32-19-23-34(24-20-32)62-45-11-3-7-15-49(45)68-50-16-8-4-12-46(50)62)30-42-54-38(58(64)70-60(42)66)27-25-35(56(52)54)51-39(29-41(59(65)69-57)53(37)55(36)51)31-17-21-33(22-18-31)61-43-9-1-5-13-47(43)67-48-14-6-2-10-44(48)61/h1-30H. The van der Waals surface area contributed by atoms with Crippen molar-refractivity contribution >= 4 is 101 Å². The second-order valence-electron chi connectivity index (χ2n) is 17.7. The summed E-state index contributed by atoms with van der Waals surface area (Å²) in [5, 5.41) is 5.31. The fraction of sp³-hybridized carbons (Fsp3) is 0. The lowest BCUT2D eigenvalue weighted by molar-refractivity contribution is 0.0373. The van der Waals surface area contributed by atoms with E-state index in [1.54, 1.807) is 24.3 Å². The molecule has 70 heavy (non-hydrogen) atoms. The number of rotatable bonds is 4. The molecule has 328 valence electrons. The average molecular weight is 907 g/mol. The van der Waals surface area contributed by atoms with E-state index in [4.69, 9.17) is 18.9 Å². The van der Waals surface area contributed by atoms with Crippen molar-refractivity contribution in [3.05, 3.63) is 204 Å². The molecule has 11 aromatic rings. The van der Waals surface area contributed by atoms with Crippen molar-refractivity contribution in [2.24, 2.45) is 0 Å². The lowest BCUT2D eigenvalue weighted by Crippen LogP contribution is -2.21. The first kappa shape index (κ1) is 38.3. The number of esters is 4. The lowest BCUT2D eigenvalue weighted by atomic mass is 9.79. The molecule has 0 aromatic heterocycles. The molecule has 0 unspecified atom stereocenters. The maximum absolute atomic E-state index is 14.0. The van der Waals surface area contributed by atoms with Gasteiger partial charge < -0.3 is 28.7 Å². The largest absolute Gasteiger partial charge is 0.453 e. The highest BCUT2D eigenvalue weighted by Gasteiger charge is 2.36. The molecule has 4 aliphatic heterocycles. The van der Waals surface area contributed by atoms with Crippen LogP contribution in [0.1, 0.15) is 41.4 Å². The highest BCUT2D eigenvalue weighted by molar-refractivity contribution is 6.43. The minimum absolute atomic E-state index is 0.259. The second kappa shape index (κ2) is 13.9. The highest BCUT2D eigenvalue weighted by atomic mass is 16.6. The Morgan fingerprint density at radius 3 is 0.957 bits per heavy atom. The lowest BCUT2D eigenvalue weighted by Gasteiger charge is -2.33. The minimum atomic E-state index is -0.743. The molecule has 0 fully saturated rings. The molecule has 15 rings (SSSR count). The maximum atomic E-state index is 14.0. The van der Waals surface area contributed by atoms with Gasteiger partial charge >= 0.3 is 23.9 Å². The smallest absolute Gasteiger partial charge is 0.346 e. The van der Waals surface area contributed by atoms with Crippen LogP contribution < -0.4 is 19.3 Å². The first-order valence-electron chi connectivity index (χ1n) is 22.7. The summed E-state index contributed by atoms with van der Waals surface area (Å²) in [6, 6.07) is 58.5. The van der Waals surface area contributed by atoms with Crippen molar-refractivity contribution in [2.75, 3.05) is 9.80 Å². The fourth-order valence-electron chi connectivity index (χ4n) is 11.2. The molecule has 0 amide bonds. The van der Waals surface area contributed by atoms with Crippen LogP contribution in [-0.4, -0.2) is 23.9 Å². The topological polar surface area (TPSA) is 112 Å². The van der Waals surface area contributed by atoms with Crippen LogP contribution in [-0.2, 0) is 9.47 Å². The number of ether oxygens (including phenoxy) is 4. The van der Waals surface area contributed by atoms with E-state index < -0.39 is 23.9 Å². The molecule has 4 heterocycles. The quantitative estimate of drug-likeness (QED) is 0.0732. The van der Waals surface area contributed by atoms with Gasteiger partial charge in [0.2, 0.25) is 0 Å². The molecule has 0 atom stereocenters. The van der Waals surface area contributed by atoms with Crippen LogP contribution in [0.5, 0.6) is 23.0 Å². The summed E-state index contributed by atoms with van der Waals surface area (Å²) in [6.45, 7) is 0. The Labute approximate surface area is 397 Å². The van der Waals surface area contributed by atoms with Crippen LogP contribution in [0.2, 0.25) is 0 Å². The van der Waals surface area contributed by atoms with Gasteiger partial charge in [0.1, 0.15) is 0 Å². The predicted molar refractivity (Wildman–Crippen MR) is 268 cm³/mol. The molecule has 10 heteroatoms. The van der Waals surface area contributed by atoms with Crippen molar-refractivity contribution in [1.82, 2.24) is 0 Å². The van der Waals surface area contributed by atoms with E-state index in [1.165, 1.54) is 0 Å². The number of carbonyl (C=O) groups is 4. The number of hydrogen-bond donors (Lipinski definition) is 0. The van der Waals surface area contributed by atoms with Crippen molar-refractivity contribution < 1.29 is 38.1 Å². The van der Waals surface area contributed by atoms with Gasteiger partial charge in [-0.3, -0.25) is 0 Å². The molecule has 10 nitrogen and oxygen atoms in total. The number of carbonyl (C=O) groups excluding carboxylic acids is 4. The molecule has 0 saturated heterocycles. The van der Waals surface area contributed by atoms with Crippen molar-refractivity contribution in [3.63, 3.8) is 0 Å². The van der Waals surface area contributed by atoms with Crippen LogP contribution >= 0.6 is 0 Å². The molecular formula is C60H30N2O8. The summed E-state index contributed by atoms with van der Waals surface area (Å²) < 4.78 is 23.4. The predicted octanol–water partition coefficient (Wildman–Crippen LogP) is 14.8. The van der Waals surface area contributed by atoms with E-state index in [9.17, 15) is 19.2 Å². The molecule has 0 N–H and O–H groups in total. The van der Waals surface area contributed by atoms with Crippen molar-refractivity contribution in [3.8, 4) is 45.3 Å². The van der Waals surface area contributed by atoms with E-state index in [0.29, 0.717) is 32.7 Å². The normalized spacial score (nSPS) is 14.2. The second-order valence-corrected chi connectivity index (χ2v) is 17.7. The Balaban J connectivity index is 0.990. The van der Waals surface area contributed by atoms with E-state index in [0.717, 1.165) is 89.8 Å². The van der Waals surface area contributed by atoms with Crippen molar-refractivity contribution in [2.45, 2.75) is 0 Å². The zero-order valence-corrected chi connectivity index (χ0v) is 36.5. The van der Waals surface area contributed by atoms with Crippen LogP contribution in [0.25, 0.3) is 65.3 Å². The van der Waals surface area contributed by atoms with E-state index >= 15 is 0 Å². The Morgan fingerprint density at radius 1 is 0.271 bits per heavy atom. The number of anilines is 6. The average Bonchev–Trinajstić information content (AvgIpc) is 3.39. The number of hydrogen-bond acceptors (Lipinski definition) is 10. The third kappa shape index (κ3) is 5.15. The minimum Gasteiger partial charge on any atom is -0.453 e. The summed E-state index contributed by atoms with van der Waals surface area (Å²) in [5.41, 5.74) is 9.34. The highest BCUT2D eigenvalue weighted by Crippen LogP contribution is 2.55. The zero-order chi connectivity index (χ0) is 46.5. The number of fused-ring (bicyclic) bond motifs is 6. The van der Waals surface area contributed by atoms with E-state index in [2.05, 4.69) is 9.80 Å². The SMILES string of the molecule is O=C1OC(=O)c2cc(-c3ccc(N4c5ccccc5Oc5ccccc54)cc3)c3c4ccc5c6c(cc(-c7ccc(N8c9ccccc9Oc9ccccc98)cc7)c(c7ccc1c2c73)c64)C(=O)OC5=O. The first-order chi connectivity index (χ1) is 34.4. The third-order valence-electron chi connectivity index (χ3n) is 14.1. The molecule has 4 aliphatic rings. The Morgan fingerprint density at radius 2 is 0.600 bits per heavy atom. The van der Waals surface area contributed by atoms with Gasteiger partial charge in [-0.05, 0) is 152 Å². The fourth-order valence-corrected chi connectivity index (χ4v) is 11.2. The van der Waals surface area contributed by atoms with Gasteiger partial charge in [0, 0.05) is 22.1 Å². The molecule has 11 aromatic carbocycles.